The monoisotopic (exact) mass is 581 g/mol. The Kier molecular flexibility index (Phi) is 6.88. The molecule has 2 aliphatic rings. The molecule has 2 aliphatic heterocycles. The smallest absolute Gasteiger partial charge is 0.408 e. The van der Waals surface area contributed by atoms with Crippen molar-refractivity contribution in [1.29, 1.82) is 0 Å². The van der Waals surface area contributed by atoms with E-state index >= 15 is 4.39 Å². The fourth-order valence-corrected chi connectivity index (χ4v) is 6.19. The molecular formula is C26H20ClF4N3O4S. The number of hydrogen-bond acceptors (Lipinski definition) is 6. The minimum Gasteiger partial charge on any atom is -0.420 e. The van der Waals surface area contributed by atoms with E-state index in [1.54, 1.807) is 24.3 Å². The fraction of sp³-hybridized carbons (Fsp3) is 0.269. The third-order valence-corrected chi connectivity index (χ3v) is 8.14. The van der Waals surface area contributed by atoms with Crippen LogP contribution >= 0.6 is 23.4 Å². The van der Waals surface area contributed by atoms with Gasteiger partial charge in [0.25, 0.3) is 5.91 Å². The summed E-state index contributed by atoms with van der Waals surface area (Å²) < 4.78 is 63.2. The number of fused-ring (bicyclic) bond motifs is 3. The van der Waals surface area contributed by atoms with Gasteiger partial charge >= 0.3 is 12.1 Å². The van der Waals surface area contributed by atoms with Crippen molar-refractivity contribution in [3.8, 4) is 5.75 Å². The second-order valence-electron chi connectivity index (χ2n) is 9.03. The SMILES string of the molecule is CC(=O)Oc1c2n(ccc1=O)N([C@H]1c3cccc(F)c3SCc3cccc(Cl)c31)CN([C@H](C)C(F)(F)F)C2=O. The van der Waals surface area contributed by atoms with E-state index in [4.69, 9.17) is 16.3 Å². The number of esters is 1. The van der Waals surface area contributed by atoms with Crippen molar-refractivity contribution >= 4 is 35.2 Å². The number of benzene rings is 2. The molecule has 39 heavy (non-hydrogen) atoms. The van der Waals surface area contributed by atoms with Crippen LogP contribution in [0.5, 0.6) is 5.75 Å². The Bertz CT molecular complexity index is 1560. The predicted molar refractivity (Wildman–Crippen MR) is 136 cm³/mol. The van der Waals surface area contributed by atoms with Crippen molar-refractivity contribution in [2.24, 2.45) is 0 Å². The average molecular weight is 582 g/mol. The summed E-state index contributed by atoms with van der Waals surface area (Å²) >= 11 is 7.88. The third kappa shape index (κ3) is 4.65. The van der Waals surface area contributed by atoms with Gasteiger partial charge in [0.1, 0.15) is 24.6 Å². The van der Waals surface area contributed by atoms with Crippen molar-refractivity contribution in [1.82, 2.24) is 9.58 Å². The second-order valence-corrected chi connectivity index (χ2v) is 10.4. The van der Waals surface area contributed by atoms with Crippen LogP contribution < -0.4 is 15.2 Å². The number of amides is 1. The molecule has 2 aromatic carbocycles. The first kappa shape index (κ1) is 27.1. The van der Waals surface area contributed by atoms with Gasteiger partial charge in [-0.2, -0.15) is 13.2 Å². The van der Waals surface area contributed by atoms with Gasteiger partial charge in [0.05, 0.1) is 0 Å². The molecule has 0 unspecified atom stereocenters. The third-order valence-electron chi connectivity index (χ3n) is 6.64. The molecule has 1 aromatic heterocycles. The van der Waals surface area contributed by atoms with Gasteiger partial charge in [-0.15, -0.1) is 11.8 Å². The fourth-order valence-electron chi connectivity index (χ4n) is 4.79. The zero-order valence-corrected chi connectivity index (χ0v) is 22.0. The molecule has 0 fully saturated rings. The number of thioether (sulfide) groups is 1. The quantitative estimate of drug-likeness (QED) is 0.310. The highest BCUT2D eigenvalue weighted by Crippen LogP contribution is 2.46. The Labute approximate surface area is 228 Å². The van der Waals surface area contributed by atoms with Crippen molar-refractivity contribution in [3.05, 3.63) is 92.1 Å². The number of nitrogens with zero attached hydrogens (tertiary/aromatic N) is 3. The Morgan fingerprint density at radius 1 is 1.15 bits per heavy atom. The normalized spacial score (nSPS) is 17.6. The number of carbonyl (C=O) groups is 2. The summed E-state index contributed by atoms with van der Waals surface area (Å²) in [6, 6.07) is 7.28. The lowest BCUT2D eigenvalue weighted by Gasteiger charge is -2.46. The van der Waals surface area contributed by atoms with Gasteiger partial charge < -0.3 is 9.64 Å². The number of ether oxygens (including phenoxy) is 1. The van der Waals surface area contributed by atoms with Gasteiger partial charge in [-0.3, -0.25) is 24.1 Å². The van der Waals surface area contributed by atoms with Gasteiger partial charge in [-0.1, -0.05) is 35.9 Å². The average Bonchev–Trinajstić information content (AvgIpc) is 3.03. The summed E-state index contributed by atoms with van der Waals surface area (Å²) in [6.45, 7) is 1.21. The second kappa shape index (κ2) is 9.91. The number of aromatic nitrogens is 1. The lowest BCUT2D eigenvalue weighted by molar-refractivity contribution is -0.173. The topological polar surface area (TPSA) is 71.8 Å². The van der Waals surface area contributed by atoms with Crippen LogP contribution in [-0.2, 0) is 10.5 Å². The zero-order chi connectivity index (χ0) is 28.2. The molecule has 204 valence electrons. The van der Waals surface area contributed by atoms with E-state index in [2.05, 4.69) is 0 Å². The van der Waals surface area contributed by atoms with E-state index in [1.807, 2.05) is 0 Å². The maximum absolute atomic E-state index is 15.1. The molecule has 0 bridgehead atoms. The van der Waals surface area contributed by atoms with Crippen LogP contribution in [0.4, 0.5) is 17.6 Å². The van der Waals surface area contributed by atoms with E-state index in [0.717, 1.165) is 19.9 Å². The van der Waals surface area contributed by atoms with E-state index in [0.29, 0.717) is 27.3 Å². The zero-order valence-electron chi connectivity index (χ0n) is 20.5. The maximum Gasteiger partial charge on any atom is 0.408 e. The Hall–Kier alpha value is -3.51. The Balaban J connectivity index is 1.84. The first-order valence-corrected chi connectivity index (χ1v) is 13.0. The summed E-state index contributed by atoms with van der Waals surface area (Å²) in [7, 11) is 0. The molecule has 0 spiro atoms. The molecule has 0 saturated carbocycles. The van der Waals surface area contributed by atoms with Crippen molar-refractivity contribution in [2.45, 2.75) is 42.8 Å². The highest BCUT2D eigenvalue weighted by Gasteiger charge is 2.48. The summed E-state index contributed by atoms with van der Waals surface area (Å²) in [5.74, 6) is -3.01. The van der Waals surface area contributed by atoms with Gasteiger partial charge in [-0.05, 0) is 30.2 Å². The molecule has 3 aromatic rings. The number of hydrogen-bond donors (Lipinski definition) is 0. The van der Waals surface area contributed by atoms with Crippen LogP contribution in [0.25, 0.3) is 0 Å². The van der Waals surface area contributed by atoms with Gasteiger partial charge in [-0.25, -0.2) is 4.39 Å². The van der Waals surface area contributed by atoms with Crippen molar-refractivity contribution in [2.75, 3.05) is 11.7 Å². The first-order valence-electron chi connectivity index (χ1n) is 11.7. The highest BCUT2D eigenvalue weighted by atomic mass is 35.5. The molecule has 2 atom stereocenters. The first-order chi connectivity index (χ1) is 18.4. The maximum atomic E-state index is 15.1. The van der Waals surface area contributed by atoms with Crippen molar-refractivity contribution < 1.29 is 31.9 Å². The van der Waals surface area contributed by atoms with Crippen LogP contribution in [0.2, 0.25) is 5.02 Å². The Morgan fingerprint density at radius 2 is 1.87 bits per heavy atom. The molecule has 13 heteroatoms. The summed E-state index contributed by atoms with van der Waals surface area (Å²) in [4.78, 5) is 38.9. The largest absolute Gasteiger partial charge is 0.420 e. The summed E-state index contributed by atoms with van der Waals surface area (Å²) in [6.07, 6.45) is -3.61. The predicted octanol–water partition coefficient (Wildman–Crippen LogP) is 5.26. The number of carbonyl (C=O) groups excluding carboxylic acids is 2. The van der Waals surface area contributed by atoms with Gasteiger partial charge in [0.15, 0.2) is 5.69 Å². The van der Waals surface area contributed by atoms with Crippen LogP contribution in [0.3, 0.4) is 0 Å². The molecule has 3 heterocycles. The molecule has 7 nitrogen and oxygen atoms in total. The lowest BCUT2D eigenvalue weighted by Crippen LogP contribution is -2.60. The molecule has 0 saturated heterocycles. The van der Waals surface area contributed by atoms with Gasteiger partial charge in [0, 0.05) is 40.4 Å². The van der Waals surface area contributed by atoms with Crippen LogP contribution in [0.1, 0.15) is 47.1 Å². The molecule has 5 rings (SSSR count). The minimum atomic E-state index is -4.82. The number of alkyl halides is 3. The standard InChI is InChI=1S/C26H20ClF4N3O4S/c1-13(26(29,30)31)32-12-34(33-10-9-19(36)23(38-14(2)35)22(33)25(32)37)21-16-6-4-8-18(28)24(16)39-11-15-5-3-7-17(27)20(15)21/h3-10,13,21H,11-12H2,1-2H3/t13-,21+/m1/s1. The van der Waals surface area contributed by atoms with Crippen LogP contribution in [0.15, 0.2) is 58.4 Å². The molecule has 0 radical (unpaired) electrons. The molecule has 0 aliphatic carbocycles. The highest BCUT2D eigenvalue weighted by molar-refractivity contribution is 7.98. The number of pyridine rings is 1. The summed E-state index contributed by atoms with van der Waals surface area (Å²) in [5, 5.41) is 1.67. The number of halogens is 5. The van der Waals surface area contributed by atoms with E-state index < -0.39 is 59.5 Å². The van der Waals surface area contributed by atoms with E-state index in [1.165, 1.54) is 39.8 Å². The Morgan fingerprint density at radius 3 is 2.56 bits per heavy atom. The minimum absolute atomic E-state index is 0.268. The van der Waals surface area contributed by atoms with E-state index in [9.17, 15) is 27.6 Å². The molecular weight excluding hydrogens is 562 g/mol. The molecule has 0 N–H and O–H groups in total. The lowest BCUT2D eigenvalue weighted by atomic mass is 9.94. The summed E-state index contributed by atoms with van der Waals surface area (Å²) in [5.41, 5.74) is 0.183. The van der Waals surface area contributed by atoms with E-state index in [-0.39, 0.29) is 9.92 Å². The van der Waals surface area contributed by atoms with Crippen LogP contribution in [-0.4, -0.2) is 40.3 Å². The van der Waals surface area contributed by atoms with Crippen molar-refractivity contribution in [3.63, 3.8) is 0 Å². The molecule has 1 amide bonds. The van der Waals surface area contributed by atoms with Gasteiger partial charge in [0.2, 0.25) is 11.2 Å². The van der Waals surface area contributed by atoms with Crippen LogP contribution in [0, 0.1) is 5.82 Å². The number of rotatable bonds is 3.